The Balaban J connectivity index is 0.998. The highest BCUT2D eigenvalue weighted by Crippen LogP contribution is 2.34. The van der Waals surface area contributed by atoms with E-state index in [4.69, 9.17) is 9.47 Å². The SMILES string of the molecule is c1cc(-c2cnc(-c3ccc(OCCCCCCC4CC4)cn3)cn2)ncc1OCCCCCCC1CC1. The fourth-order valence-corrected chi connectivity index (χ4v) is 4.80. The van der Waals surface area contributed by atoms with Crippen molar-refractivity contribution in [2.75, 3.05) is 13.2 Å². The van der Waals surface area contributed by atoms with Crippen LogP contribution < -0.4 is 9.47 Å². The van der Waals surface area contributed by atoms with Crippen molar-refractivity contribution in [3.63, 3.8) is 0 Å². The summed E-state index contributed by atoms with van der Waals surface area (Å²) in [5.41, 5.74) is 3.02. The van der Waals surface area contributed by atoms with E-state index in [1.807, 2.05) is 24.3 Å². The summed E-state index contributed by atoms with van der Waals surface area (Å²) in [6, 6.07) is 7.79. The molecule has 3 aromatic rings. The standard InChI is InChI=1S/C32H42N4O2/c1(5-9-25-11-12-25)3-7-19-37-27-15-17-29(33-21-27)31-23-36-32(24-35-31)30-18-16-28(22-34-30)38-20-8-4-2-6-10-26-13-14-26/h15-18,21-26H,1-14,19-20H2. The molecule has 5 rings (SSSR count). The third-order valence-electron chi connectivity index (χ3n) is 7.59. The van der Waals surface area contributed by atoms with Crippen molar-refractivity contribution in [2.45, 2.75) is 89.9 Å². The van der Waals surface area contributed by atoms with Gasteiger partial charge in [-0.15, -0.1) is 0 Å². The van der Waals surface area contributed by atoms with Crippen molar-refractivity contribution in [3.05, 3.63) is 49.1 Å². The Morgan fingerprint density at radius 2 is 0.895 bits per heavy atom. The summed E-state index contributed by atoms with van der Waals surface area (Å²) in [5, 5.41) is 0. The van der Waals surface area contributed by atoms with Gasteiger partial charge in [-0.25, -0.2) is 0 Å². The first-order valence-corrected chi connectivity index (χ1v) is 14.8. The minimum atomic E-state index is 0.730. The van der Waals surface area contributed by atoms with E-state index in [0.717, 1.165) is 72.2 Å². The van der Waals surface area contributed by atoms with Crippen LogP contribution >= 0.6 is 0 Å². The van der Waals surface area contributed by atoms with Crippen LogP contribution in [-0.4, -0.2) is 33.1 Å². The zero-order chi connectivity index (χ0) is 25.8. The molecule has 2 aliphatic carbocycles. The second kappa shape index (κ2) is 14.2. The maximum Gasteiger partial charge on any atom is 0.137 e. The maximum absolute atomic E-state index is 5.86. The summed E-state index contributed by atoms with van der Waals surface area (Å²) in [7, 11) is 0. The molecule has 0 aliphatic heterocycles. The number of ether oxygens (including phenoxy) is 2. The molecule has 6 heteroatoms. The summed E-state index contributed by atoms with van der Waals surface area (Å²) in [4.78, 5) is 18.2. The number of hydrogen-bond donors (Lipinski definition) is 0. The van der Waals surface area contributed by atoms with Gasteiger partial charge in [0.15, 0.2) is 0 Å². The van der Waals surface area contributed by atoms with Gasteiger partial charge < -0.3 is 9.47 Å². The first kappa shape index (κ1) is 26.6. The van der Waals surface area contributed by atoms with E-state index in [1.165, 1.54) is 77.0 Å². The lowest BCUT2D eigenvalue weighted by Crippen LogP contribution is -1.99. The second-order valence-corrected chi connectivity index (χ2v) is 11.0. The van der Waals surface area contributed by atoms with E-state index in [1.54, 1.807) is 24.8 Å². The third kappa shape index (κ3) is 9.07. The average molecular weight is 515 g/mol. The van der Waals surface area contributed by atoms with E-state index < -0.39 is 0 Å². The number of nitrogens with zero attached hydrogens (tertiary/aromatic N) is 4. The fourth-order valence-electron chi connectivity index (χ4n) is 4.80. The summed E-state index contributed by atoms with van der Waals surface area (Å²) in [6.07, 6.45) is 25.8. The van der Waals surface area contributed by atoms with Crippen LogP contribution in [0.15, 0.2) is 49.1 Å². The van der Waals surface area contributed by atoms with Gasteiger partial charge in [0.25, 0.3) is 0 Å². The minimum Gasteiger partial charge on any atom is -0.492 e. The third-order valence-corrected chi connectivity index (χ3v) is 7.59. The lowest BCUT2D eigenvalue weighted by molar-refractivity contribution is 0.303. The van der Waals surface area contributed by atoms with Gasteiger partial charge in [0.05, 0.1) is 49.4 Å². The first-order chi connectivity index (χ1) is 18.8. The Morgan fingerprint density at radius 1 is 0.474 bits per heavy atom. The zero-order valence-electron chi connectivity index (χ0n) is 22.7. The van der Waals surface area contributed by atoms with Gasteiger partial charge in [0, 0.05) is 0 Å². The van der Waals surface area contributed by atoms with Crippen LogP contribution in [0.5, 0.6) is 11.5 Å². The predicted octanol–water partition coefficient (Wildman–Crippen LogP) is 8.08. The van der Waals surface area contributed by atoms with Crippen LogP contribution in [0.3, 0.4) is 0 Å². The molecule has 202 valence electrons. The lowest BCUT2D eigenvalue weighted by Gasteiger charge is -2.08. The molecule has 0 aromatic carbocycles. The molecule has 6 nitrogen and oxygen atoms in total. The van der Waals surface area contributed by atoms with Crippen LogP contribution in [-0.2, 0) is 0 Å². The van der Waals surface area contributed by atoms with Crippen LogP contribution in [0.25, 0.3) is 22.8 Å². The highest BCUT2D eigenvalue weighted by atomic mass is 16.5. The van der Waals surface area contributed by atoms with Crippen molar-refractivity contribution in [1.82, 2.24) is 19.9 Å². The van der Waals surface area contributed by atoms with Gasteiger partial charge in [-0.05, 0) is 48.9 Å². The summed E-state index contributed by atoms with van der Waals surface area (Å²) < 4.78 is 11.7. The molecule has 0 amide bonds. The molecule has 0 bridgehead atoms. The molecule has 3 heterocycles. The second-order valence-electron chi connectivity index (χ2n) is 11.0. The first-order valence-electron chi connectivity index (χ1n) is 14.8. The smallest absolute Gasteiger partial charge is 0.137 e. The van der Waals surface area contributed by atoms with E-state index in [-0.39, 0.29) is 0 Å². The lowest BCUT2D eigenvalue weighted by atomic mass is 10.1. The molecule has 2 saturated carbocycles. The molecule has 0 atom stereocenters. The van der Waals surface area contributed by atoms with Crippen LogP contribution in [0, 0.1) is 11.8 Å². The molecule has 38 heavy (non-hydrogen) atoms. The van der Waals surface area contributed by atoms with Crippen LogP contribution in [0.2, 0.25) is 0 Å². The Bertz CT molecular complexity index is 989. The number of aromatic nitrogens is 4. The number of pyridine rings is 2. The van der Waals surface area contributed by atoms with Gasteiger partial charge in [-0.1, -0.05) is 77.0 Å². The van der Waals surface area contributed by atoms with Crippen molar-refractivity contribution in [2.24, 2.45) is 11.8 Å². The number of unbranched alkanes of at least 4 members (excludes halogenated alkanes) is 6. The monoisotopic (exact) mass is 514 g/mol. The summed E-state index contributed by atoms with van der Waals surface area (Å²) >= 11 is 0. The molecule has 0 saturated heterocycles. The molecule has 2 aliphatic rings. The summed E-state index contributed by atoms with van der Waals surface area (Å²) in [5.74, 6) is 3.70. The average Bonchev–Trinajstić information content (AvgIpc) is 3.89. The molecule has 0 spiro atoms. The molecule has 0 N–H and O–H groups in total. The van der Waals surface area contributed by atoms with Gasteiger partial charge in [-0.2, -0.15) is 0 Å². The molecule has 3 aromatic heterocycles. The van der Waals surface area contributed by atoms with Crippen molar-refractivity contribution >= 4 is 0 Å². The maximum atomic E-state index is 5.86. The van der Waals surface area contributed by atoms with E-state index in [0.29, 0.717) is 0 Å². The topological polar surface area (TPSA) is 70.0 Å². The fraction of sp³-hybridized carbons (Fsp3) is 0.562. The molecular weight excluding hydrogens is 472 g/mol. The predicted molar refractivity (Wildman–Crippen MR) is 151 cm³/mol. The van der Waals surface area contributed by atoms with E-state index >= 15 is 0 Å². The largest absolute Gasteiger partial charge is 0.492 e. The Kier molecular flexibility index (Phi) is 9.95. The summed E-state index contributed by atoms with van der Waals surface area (Å²) in [6.45, 7) is 1.49. The van der Waals surface area contributed by atoms with Crippen molar-refractivity contribution in [1.29, 1.82) is 0 Å². The van der Waals surface area contributed by atoms with Crippen molar-refractivity contribution in [3.8, 4) is 34.3 Å². The highest BCUT2D eigenvalue weighted by Gasteiger charge is 2.20. The van der Waals surface area contributed by atoms with E-state index in [9.17, 15) is 0 Å². The van der Waals surface area contributed by atoms with Gasteiger partial charge >= 0.3 is 0 Å². The van der Waals surface area contributed by atoms with E-state index in [2.05, 4.69) is 19.9 Å². The van der Waals surface area contributed by atoms with Gasteiger partial charge in [-0.3, -0.25) is 19.9 Å². The van der Waals surface area contributed by atoms with Crippen LogP contribution in [0.1, 0.15) is 89.9 Å². The van der Waals surface area contributed by atoms with Crippen molar-refractivity contribution < 1.29 is 9.47 Å². The van der Waals surface area contributed by atoms with Gasteiger partial charge in [0.1, 0.15) is 22.9 Å². The Morgan fingerprint density at radius 3 is 1.26 bits per heavy atom. The normalized spacial score (nSPS) is 14.9. The molecule has 2 fully saturated rings. The Hall–Kier alpha value is -3.02. The van der Waals surface area contributed by atoms with Crippen LogP contribution in [0.4, 0.5) is 0 Å². The molecular formula is C32H42N4O2. The van der Waals surface area contributed by atoms with Gasteiger partial charge in [0.2, 0.25) is 0 Å². The number of hydrogen-bond acceptors (Lipinski definition) is 6. The number of rotatable bonds is 18. The molecule has 0 radical (unpaired) electrons. The molecule has 0 unspecified atom stereocenters. The Labute approximate surface area is 227 Å². The zero-order valence-corrected chi connectivity index (χ0v) is 22.7. The minimum absolute atomic E-state index is 0.730. The quantitative estimate of drug-likeness (QED) is 0.160. The highest BCUT2D eigenvalue weighted by molar-refractivity contribution is 5.58.